The van der Waals surface area contributed by atoms with Gasteiger partial charge in [-0.2, -0.15) is 0 Å². The highest BCUT2D eigenvalue weighted by Gasteiger charge is 2.33. The van der Waals surface area contributed by atoms with Crippen LogP contribution in [0.3, 0.4) is 0 Å². The molecule has 0 unspecified atom stereocenters. The van der Waals surface area contributed by atoms with E-state index in [1.54, 1.807) is 12.1 Å². The highest BCUT2D eigenvalue weighted by molar-refractivity contribution is 7.92. The van der Waals surface area contributed by atoms with Crippen molar-refractivity contribution < 1.29 is 18.0 Å². The van der Waals surface area contributed by atoms with Crippen molar-refractivity contribution in [2.45, 2.75) is 19.0 Å². The summed E-state index contributed by atoms with van der Waals surface area (Å²) in [6, 6.07) is 17.3. The third-order valence-electron chi connectivity index (χ3n) is 5.74. The lowest BCUT2D eigenvalue weighted by Crippen LogP contribution is -2.52. The van der Waals surface area contributed by atoms with Gasteiger partial charge in [-0.15, -0.1) is 0 Å². The van der Waals surface area contributed by atoms with Crippen molar-refractivity contribution in [1.29, 1.82) is 0 Å². The number of carbonyl (C=O) groups excluding carboxylic acids is 2. The van der Waals surface area contributed by atoms with E-state index in [0.717, 1.165) is 16.1 Å². The first-order valence-corrected chi connectivity index (χ1v) is 14.7. The second kappa shape index (κ2) is 13.0. The fraction of sp³-hybridized carbons (Fsp3) is 0.231. The molecule has 0 saturated heterocycles. The molecular weight excluding hydrogens is 592 g/mol. The van der Waals surface area contributed by atoms with Crippen LogP contribution in [-0.2, 0) is 32.6 Å². The van der Waals surface area contributed by atoms with Crippen LogP contribution >= 0.6 is 46.4 Å². The van der Waals surface area contributed by atoms with Crippen LogP contribution in [0.2, 0.25) is 20.1 Å². The molecule has 0 saturated carbocycles. The highest BCUT2D eigenvalue weighted by Crippen LogP contribution is 2.29. The van der Waals surface area contributed by atoms with Crippen molar-refractivity contribution in [1.82, 2.24) is 10.2 Å². The number of hydrogen-bond donors (Lipinski definition) is 1. The van der Waals surface area contributed by atoms with Gasteiger partial charge in [0, 0.05) is 30.1 Å². The molecular formula is C26H25Cl4N3O4S. The molecule has 0 radical (unpaired) electrons. The second-order valence-corrected chi connectivity index (χ2v) is 12.0. The summed E-state index contributed by atoms with van der Waals surface area (Å²) >= 11 is 24.6. The van der Waals surface area contributed by atoms with Gasteiger partial charge < -0.3 is 10.2 Å². The van der Waals surface area contributed by atoms with Crippen LogP contribution < -0.4 is 9.62 Å². The predicted octanol–water partition coefficient (Wildman–Crippen LogP) is 5.45. The summed E-state index contributed by atoms with van der Waals surface area (Å²) in [5, 5.41) is 3.68. The van der Waals surface area contributed by atoms with Gasteiger partial charge in [-0.05, 0) is 41.5 Å². The number of rotatable bonds is 10. The number of amides is 2. The van der Waals surface area contributed by atoms with Crippen molar-refractivity contribution in [3.8, 4) is 0 Å². The lowest BCUT2D eigenvalue weighted by atomic mass is 10.0. The Labute approximate surface area is 242 Å². The average Bonchev–Trinajstić information content (AvgIpc) is 2.87. The SMILES string of the molecule is CNC(=O)[C@@H](Cc1ccccc1)N(Cc1ccc(Cl)cc1Cl)C(=O)CN(c1ccc(Cl)c(Cl)c1)S(C)(=O)=O. The molecule has 0 fully saturated rings. The molecule has 0 bridgehead atoms. The van der Waals surface area contributed by atoms with Crippen LogP contribution in [0.5, 0.6) is 0 Å². The van der Waals surface area contributed by atoms with Gasteiger partial charge in [0.15, 0.2) is 0 Å². The first-order chi connectivity index (χ1) is 17.9. The Kier molecular flexibility index (Phi) is 10.3. The number of anilines is 1. The maximum atomic E-state index is 13.9. The van der Waals surface area contributed by atoms with E-state index >= 15 is 0 Å². The van der Waals surface area contributed by atoms with Gasteiger partial charge >= 0.3 is 0 Å². The Balaban J connectivity index is 2.06. The van der Waals surface area contributed by atoms with Gasteiger partial charge in [0.25, 0.3) is 0 Å². The molecule has 2 amide bonds. The molecule has 0 aliphatic heterocycles. The van der Waals surface area contributed by atoms with Gasteiger partial charge in [-0.25, -0.2) is 8.42 Å². The zero-order chi connectivity index (χ0) is 28.0. The molecule has 0 aliphatic rings. The van der Waals surface area contributed by atoms with Gasteiger partial charge in [0.2, 0.25) is 21.8 Å². The van der Waals surface area contributed by atoms with Crippen LogP contribution in [0, 0.1) is 0 Å². The van der Waals surface area contributed by atoms with Gasteiger partial charge in [0.1, 0.15) is 12.6 Å². The summed E-state index contributed by atoms with van der Waals surface area (Å²) in [7, 11) is -2.46. The number of nitrogens with zero attached hydrogens (tertiary/aromatic N) is 2. The molecule has 1 N–H and O–H groups in total. The van der Waals surface area contributed by atoms with Crippen LogP contribution in [0.15, 0.2) is 66.7 Å². The fourth-order valence-corrected chi connectivity index (χ4v) is 5.41. The van der Waals surface area contributed by atoms with E-state index < -0.39 is 34.4 Å². The number of likely N-dealkylation sites (N-methyl/N-ethyl adjacent to an activating group) is 1. The Bertz CT molecular complexity index is 1420. The van der Waals surface area contributed by atoms with Crippen molar-refractivity contribution >= 4 is 73.9 Å². The maximum absolute atomic E-state index is 13.9. The topological polar surface area (TPSA) is 86.8 Å². The molecule has 7 nitrogen and oxygen atoms in total. The van der Waals surface area contributed by atoms with Crippen molar-refractivity contribution in [3.63, 3.8) is 0 Å². The van der Waals surface area contributed by atoms with E-state index in [4.69, 9.17) is 46.4 Å². The number of carbonyl (C=O) groups is 2. The summed E-state index contributed by atoms with van der Waals surface area (Å²) in [6.07, 6.45) is 1.16. The lowest BCUT2D eigenvalue weighted by Gasteiger charge is -2.33. The largest absolute Gasteiger partial charge is 0.357 e. The normalized spacial score (nSPS) is 12.1. The Hall–Kier alpha value is -2.49. The summed E-state index contributed by atoms with van der Waals surface area (Å²) in [5.41, 5.74) is 1.50. The van der Waals surface area contributed by atoms with Crippen LogP contribution in [-0.4, -0.2) is 51.0 Å². The monoisotopic (exact) mass is 615 g/mol. The van der Waals surface area contributed by atoms with E-state index in [1.165, 1.54) is 36.2 Å². The Morgan fingerprint density at radius 2 is 1.58 bits per heavy atom. The molecule has 0 spiro atoms. The minimum atomic E-state index is -3.93. The van der Waals surface area contributed by atoms with E-state index in [9.17, 15) is 18.0 Å². The molecule has 0 aromatic heterocycles. The molecule has 3 aromatic rings. The summed E-state index contributed by atoms with van der Waals surface area (Å²) in [6.45, 7) is -0.664. The summed E-state index contributed by atoms with van der Waals surface area (Å²) in [4.78, 5) is 28.3. The first-order valence-electron chi connectivity index (χ1n) is 11.3. The average molecular weight is 617 g/mol. The fourth-order valence-electron chi connectivity index (χ4n) is 3.81. The van der Waals surface area contributed by atoms with E-state index in [2.05, 4.69) is 5.32 Å². The molecule has 202 valence electrons. The number of sulfonamides is 1. The zero-order valence-electron chi connectivity index (χ0n) is 20.5. The van der Waals surface area contributed by atoms with E-state index in [1.807, 2.05) is 30.3 Å². The molecule has 0 aliphatic carbocycles. The number of halogens is 4. The smallest absolute Gasteiger partial charge is 0.244 e. The predicted molar refractivity (Wildman–Crippen MR) is 154 cm³/mol. The van der Waals surface area contributed by atoms with Crippen LogP contribution in [0.25, 0.3) is 0 Å². The molecule has 12 heteroatoms. The number of hydrogen-bond acceptors (Lipinski definition) is 4. The minimum absolute atomic E-state index is 0.0707. The van der Waals surface area contributed by atoms with Crippen molar-refractivity contribution in [2.75, 3.05) is 24.2 Å². The standard InChI is InChI=1S/C26H25Cl4N3O4S/c1-31-26(35)24(12-17-6-4-3-5-7-17)32(15-18-8-9-19(27)13-22(18)29)25(34)16-33(38(2,36)37)20-10-11-21(28)23(30)14-20/h3-11,13-14,24H,12,15-16H2,1-2H3,(H,31,35)/t24-/m1/s1. The summed E-state index contributed by atoms with van der Waals surface area (Å²) < 4.78 is 26.4. The molecule has 0 heterocycles. The van der Waals surface area contributed by atoms with Crippen LogP contribution in [0.1, 0.15) is 11.1 Å². The number of benzene rings is 3. The van der Waals surface area contributed by atoms with Crippen molar-refractivity contribution in [2.24, 2.45) is 0 Å². The van der Waals surface area contributed by atoms with Gasteiger partial charge in [-0.3, -0.25) is 13.9 Å². The van der Waals surface area contributed by atoms with Gasteiger partial charge in [-0.1, -0.05) is 82.8 Å². The molecule has 3 rings (SSSR count). The van der Waals surface area contributed by atoms with E-state index in [-0.39, 0.29) is 28.7 Å². The van der Waals surface area contributed by atoms with Gasteiger partial charge in [0.05, 0.1) is 22.0 Å². The summed E-state index contributed by atoms with van der Waals surface area (Å²) in [5.74, 6) is -1.05. The molecule has 38 heavy (non-hydrogen) atoms. The zero-order valence-corrected chi connectivity index (χ0v) is 24.3. The second-order valence-electron chi connectivity index (χ2n) is 8.45. The van der Waals surface area contributed by atoms with Crippen molar-refractivity contribution in [3.05, 3.63) is 97.9 Å². The molecule has 3 aromatic carbocycles. The quantitative estimate of drug-likeness (QED) is 0.328. The maximum Gasteiger partial charge on any atom is 0.244 e. The minimum Gasteiger partial charge on any atom is -0.357 e. The van der Waals surface area contributed by atoms with E-state index in [0.29, 0.717) is 15.6 Å². The third-order valence-corrected chi connectivity index (χ3v) is 8.21. The Morgan fingerprint density at radius 3 is 2.16 bits per heavy atom. The number of nitrogens with one attached hydrogen (secondary N) is 1. The Morgan fingerprint density at radius 1 is 0.895 bits per heavy atom. The highest BCUT2D eigenvalue weighted by atomic mass is 35.5. The third kappa shape index (κ3) is 7.77. The van der Waals surface area contributed by atoms with Crippen LogP contribution in [0.4, 0.5) is 5.69 Å². The first kappa shape index (κ1) is 30.1. The molecule has 1 atom stereocenters. The lowest BCUT2D eigenvalue weighted by molar-refractivity contribution is -0.139.